The summed E-state index contributed by atoms with van der Waals surface area (Å²) in [5, 5.41) is 0.508. The van der Waals surface area contributed by atoms with Gasteiger partial charge in [-0.05, 0) is 38.1 Å². The second-order valence-electron chi connectivity index (χ2n) is 4.43. The van der Waals surface area contributed by atoms with E-state index in [0.717, 1.165) is 32.2 Å². The van der Waals surface area contributed by atoms with Crippen LogP contribution in [0, 0.1) is 0 Å². The Morgan fingerprint density at radius 3 is 2.71 bits per heavy atom. The highest BCUT2D eigenvalue weighted by atomic mass is 35.5. The molecular formula is C13H16ClNO2. The maximum atomic E-state index is 10.6. The highest BCUT2D eigenvalue weighted by Crippen LogP contribution is 2.27. The molecule has 1 aromatic rings. The van der Waals surface area contributed by atoms with Gasteiger partial charge in [0, 0.05) is 18.7 Å². The van der Waals surface area contributed by atoms with Crippen LogP contribution in [0.5, 0.6) is 5.75 Å². The van der Waals surface area contributed by atoms with Crippen molar-refractivity contribution in [3.05, 3.63) is 28.8 Å². The van der Waals surface area contributed by atoms with Gasteiger partial charge in [0.25, 0.3) is 0 Å². The monoisotopic (exact) mass is 253 g/mol. The molecule has 1 fully saturated rings. The van der Waals surface area contributed by atoms with E-state index in [1.165, 1.54) is 0 Å². The summed E-state index contributed by atoms with van der Waals surface area (Å²) in [7, 11) is 2.11. The largest absolute Gasteiger partial charge is 0.489 e. The molecule has 0 radical (unpaired) electrons. The van der Waals surface area contributed by atoms with Gasteiger partial charge in [-0.15, -0.1) is 0 Å². The predicted octanol–water partition coefficient (Wildman–Crippen LogP) is 2.63. The molecule has 1 heterocycles. The number of halogens is 1. The maximum Gasteiger partial charge on any atom is 0.150 e. The van der Waals surface area contributed by atoms with Crippen molar-refractivity contribution in [2.24, 2.45) is 0 Å². The van der Waals surface area contributed by atoms with Crippen molar-refractivity contribution in [1.82, 2.24) is 4.90 Å². The molecule has 1 aromatic carbocycles. The van der Waals surface area contributed by atoms with Gasteiger partial charge in [-0.3, -0.25) is 4.79 Å². The van der Waals surface area contributed by atoms with Crippen LogP contribution in [0.25, 0.3) is 0 Å². The summed E-state index contributed by atoms with van der Waals surface area (Å²) in [6.07, 6.45) is 3.04. The molecule has 1 saturated heterocycles. The number of hydrogen-bond donors (Lipinski definition) is 0. The van der Waals surface area contributed by atoms with Crippen LogP contribution in [-0.4, -0.2) is 37.4 Å². The molecule has 0 aromatic heterocycles. The summed E-state index contributed by atoms with van der Waals surface area (Å²) in [5.41, 5.74) is 0.575. The van der Waals surface area contributed by atoms with E-state index in [1.807, 2.05) is 0 Å². The second kappa shape index (κ2) is 5.52. The molecular weight excluding hydrogens is 238 g/mol. The third-order valence-electron chi connectivity index (χ3n) is 3.05. The van der Waals surface area contributed by atoms with Crippen molar-refractivity contribution in [1.29, 1.82) is 0 Å². The van der Waals surface area contributed by atoms with E-state index in [4.69, 9.17) is 16.3 Å². The number of carbonyl (C=O) groups excluding carboxylic acids is 1. The van der Waals surface area contributed by atoms with E-state index in [2.05, 4.69) is 11.9 Å². The zero-order valence-corrected chi connectivity index (χ0v) is 10.6. The molecule has 1 aliphatic heterocycles. The molecule has 1 aliphatic rings. The molecule has 0 atom stereocenters. The Labute approximate surface area is 106 Å². The zero-order valence-electron chi connectivity index (χ0n) is 9.86. The average molecular weight is 254 g/mol. The van der Waals surface area contributed by atoms with Crippen LogP contribution in [0.4, 0.5) is 0 Å². The average Bonchev–Trinajstić information content (AvgIpc) is 2.34. The number of aldehydes is 1. The molecule has 0 saturated carbocycles. The number of likely N-dealkylation sites (tertiary alicyclic amines) is 1. The minimum Gasteiger partial charge on any atom is -0.489 e. The van der Waals surface area contributed by atoms with Crippen molar-refractivity contribution >= 4 is 17.9 Å². The van der Waals surface area contributed by atoms with E-state index in [0.29, 0.717) is 16.3 Å². The summed E-state index contributed by atoms with van der Waals surface area (Å²) in [6, 6.07) is 5.13. The standard InChI is InChI=1S/C13H16ClNO2/c1-15-6-4-11(5-7-15)17-13-3-2-10(9-16)8-12(13)14/h2-3,8-9,11H,4-7H2,1H3. The first kappa shape index (κ1) is 12.4. The fourth-order valence-corrected chi connectivity index (χ4v) is 2.20. The molecule has 0 unspecified atom stereocenters. The summed E-state index contributed by atoms with van der Waals surface area (Å²) < 4.78 is 5.86. The SMILES string of the molecule is CN1CCC(Oc2ccc(C=O)cc2Cl)CC1. The lowest BCUT2D eigenvalue weighted by molar-refractivity contribution is 0.112. The lowest BCUT2D eigenvalue weighted by atomic mass is 10.1. The maximum absolute atomic E-state index is 10.6. The molecule has 0 N–H and O–H groups in total. The number of nitrogens with zero attached hydrogens (tertiary/aromatic N) is 1. The van der Waals surface area contributed by atoms with E-state index < -0.39 is 0 Å². The molecule has 0 amide bonds. The molecule has 92 valence electrons. The van der Waals surface area contributed by atoms with Crippen LogP contribution in [0.15, 0.2) is 18.2 Å². The highest BCUT2D eigenvalue weighted by molar-refractivity contribution is 6.32. The number of hydrogen-bond acceptors (Lipinski definition) is 3. The molecule has 0 aliphatic carbocycles. The lowest BCUT2D eigenvalue weighted by Crippen LogP contribution is -2.35. The van der Waals surface area contributed by atoms with Crippen LogP contribution in [-0.2, 0) is 0 Å². The van der Waals surface area contributed by atoms with Crippen LogP contribution in [0.2, 0.25) is 5.02 Å². The van der Waals surface area contributed by atoms with Crippen molar-refractivity contribution in [2.75, 3.05) is 20.1 Å². The van der Waals surface area contributed by atoms with Crippen LogP contribution in [0.1, 0.15) is 23.2 Å². The Balaban J connectivity index is 2.01. The van der Waals surface area contributed by atoms with Gasteiger partial charge >= 0.3 is 0 Å². The summed E-state index contributed by atoms with van der Waals surface area (Å²) in [6.45, 7) is 2.10. The van der Waals surface area contributed by atoms with Gasteiger partial charge < -0.3 is 9.64 Å². The third kappa shape index (κ3) is 3.20. The first-order valence-corrected chi connectivity index (χ1v) is 6.17. The Bertz CT molecular complexity index is 400. The first-order valence-electron chi connectivity index (χ1n) is 5.79. The van der Waals surface area contributed by atoms with E-state index in [-0.39, 0.29) is 6.10 Å². The van der Waals surface area contributed by atoms with Gasteiger partial charge in [-0.1, -0.05) is 11.6 Å². The van der Waals surface area contributed by atoms with Gasteiger partial charge in [-0.25, -0.2) is 0 Å². The first-order chi connectivity index (χ1) is 8.19. The smallest absolute Gasteiger partial charge is 0.150 e. The number of rotatable bonds is 3. The summed E-state index contributed by atoms with van der Waals surface area (Å²) in [4.78, 5) is 12.9. The third-order valence-corrected chi connectivity index (χ3v) is 3.35. The van der Waals surface area contributed by atoms with Crippen molar-refractivity contribution in [3.63, 3.8) is 0 Å². The Kier molecular flexibility index (Phi) is 4.02. The Hall–Kier alpha value is -1.06. The molecule has 4 heteroatoms. The number of ether oxygens (including phenoxy) is 1. The molecule has 0 bridgehead atoms. The normalized spacial score (nSPS) is 18.0. The fraction of sp³-hybridized carbons (Fsp3) is 0.462. The van der Waals surface area contributed by atoms with Gasteiger partial charge in [0.2, 0.25) is 0 Å². The topological polar surface area (TPSA) is 29.5 Å². The van der Waals surface area contributed by atoms with Gasteiger partial charge in [0.15, 0.2) is 0 Å². The van der Waals surface area contributed by atoms with Gasteiger partial charge in [0.1, 0.15) is 18.1 Å². The minimum absolute atomic E-state index is 0.228. The summed E-state index contributed by atoms with van der Waals surface area (Å²) >= 11 is 6.06. The summed E-state index contributed by atoms with van der Waals surface area (Å²) in [5.74, 6) is 0.673. The van der Waals surface area contributed by atoms with Crippen molar-refractivity contribution in [3.8, 4) is 5.75 Å². The molecule has 0 spiro atoms. The van der Waals surface area contributed by atoms with Crippen LogP contribution >= 0.6 is 11.6 Å². The van der Waals surface area contributed by atoms with Crippen molar-refractivity contribution < 1.29 is 9.53 Å². The minimum atomic E-state index is 0.228. The van der Waals surface area contributed by atoms with Gasteiger partial charge in [-0.2, -0.15) is 0 Å². The fourth-order valence-electron chi connectivity index (χ4n) is 1.97. The predicted molar refractivity (Wildman–Crippen MR) is 68.0 cm³/mol. The number of benzene rings is 1. The molecule has 17 heavy (non-hydrogen) atoms. The van der Waals surface area contributed by atoms with E-state index >= 15 is 0 Å². The van der Waals surface area contributed by atoms with Crippen LogP contribution in [0.3, 0.4) is 0 Å². The van der Waals surface area contributed by atoms with Crippen LogP contribution < -0.4 is 4.74 Å². The Morgan fingerprint density at radius 2 is 2.12 bits per heavy atom. The Morgan fingerprint density at radius 1 is 1.41 bits per heavy atom. The number of carbonyl (C=O) groups is 1. The van der Waals surface area contributed by atoms with E-state index in [1.54, 1.807) is 18.2 Å². The second-order valence-corrected chi connectivity index (χ2v) is 4.84. The van der Waals surface area contributed by atoms with Crippen molar-refractivity contribution in [2.45, 2.75) is 18.9 Å². The number of piperidine rings is 1. The molecule has 3 nitrogen and oxygen atoms in total. The van der Waals surface area contributed by atoms with E-state index in [9.17, 15) is 4.79 Å². The molecule has 2 rings (SSSR count). The lowest BCUT2D eigenvalue weighted by Gasteiger charge is -2.29. The zero-order chi connectivity index (χ0) is 12.3. The highest BCUT2D eigenvalue weighted by Gasteiger charge is 2.18. The quantitative estimate of drug-likeness (QED) is 0.776. The van der Waals surface area contributed by atoms with Gasteiger partial charge in [0.05, 0.1) is 5.02 Å².